The Morgan fingerprint density at radius 2 is 1.61 bits per heavy atom. The first-order chi connectivity index (χ1) is 13.1. The van der Waals surface area contributed by atoms with E-state index < -0.39 is 55.0 Å². The number of carbonyl (C=O) groups is 4. The molecule has 0 fully saturated rings. The SMILES string of the molecule is CC(O)C(N)C(=O)NCC(=O)NC(Cc1ccc(O)cc1)C(=O)NCC(=O)O. The van der Waals surface area contributed by atoms with Crippen molar-refractivity contribution < 1.29 is 34.5 Å². The molecule has 0 aromatic heterocycles. The van der Waals surface area contributed by atoms with Crippen LogP contribution >= 0.6 is 0 Å². The van der Waals surface area contributed by atoms with Crippen molar-refractivity contribution in [1.82, 2.24) is 16.0 Å². The van der Waals surface area contributed by atoms with Crippen molar-refractivity contribution in [2.75, 3.05) is 13.1 Å². The third-order valence-corrected chi connectivity index (χ3v) is 3.69. The Morgan fingerprint density at radius 3 is 2.14 bits per heavy atom. The number of carboxylic acid groups (broad SMARTS) is 1. The predicted molar refractivity (Wildman–Crippen MR) is 97.1 cm³/mol. The molecule has 1 rings (SSSR count). The summed E-state index contributed by atoms with van der Waals surface area (Å²) in [6.45, 7) is 0.211. The van der Waals surface area contributed by atoms with Gasteiger partial charge in [0.2, 0.25) is 17.7 Å². The molecule has 0 aliphatic heterocycles. The zero-order valence-corrected chi connectivity index (χ0v) is 15.2. The second-order valence-corrected chi connectivity index (χ2v) is 6.09. The Hall–Kier alpha value is -3.18. The van der Waals surface area contributed by atoms with Gasteiger partial charge in [0.1, 0.15) is 24.4 Å². The van der Waals surface area contributed by atoms with Crippen LogP contribution in [0.2, 0.25) is 0 Å². The van der Waals surface area contributed by atoms with Gasteiger partial charge in [-0.2, -0.15) is 0 Å². The summed E-state index contributed by atoms with van der Waals surface area (Å²) >= 11 is 0. The van der Waals surface area contributed by atoms with Crippen LogP contribution in [0.1, 0.15) is 12.5 Å². The summed E-state index contributed by atoms with van der Waals surface area (Å²) in [6, 6.07) is 3.57. The molecule has 3 amide bonds. The maximum absolute atomic E-state index is 12.2. The fourth-order valence-corrected chi connectivity index (χ4v) is 2.11. The summed E-state index contributed by atoms with van der Waals surface area (Å²) in [6.07, 6.45) is -1.08. The van der Waals surface area contributed by atoms with Crippen LogP contribution < -0.4 is 21.7 Å². The van der Waals surface area contributed by atoms with Crippen LogP contribution in [-0.2, 0) is 25.6 Å². The van der Waals surface area contributed by atoms with Crippen LogP contribution in [0.4, 0.5) is 0 Å². The van der Waals surface area contributed by atoms with Crippen LogP contribution in [-0.4, -0.2) is 70.3 Å². The first-order valence-corrected chi connectivity index (χ1v) is 8.38. The van der Waals surface area contributed by atoms with Crippen molar-refractivity contribution in [2.24, 2.45) is 5.73 Å². The number of carboxylic acids is 1. The minimum absolute atomic E-state index is 0.0248. The molecule has 1 aromatic carbocycles. The topological polar surface area (TPSA) is 191 Å². The number of rotatable bonds is 10. The van der Waals surface area contributed by atoms with E-state index in [1.807, 2.05) is 0 Å². The third-order valence-electron chi connectivity index (χ3n) is 3.69. The number of hydrogen-bond acceptors (Lipinski definition) is 7. The number of hydrogen-bond donors (Lipinski definition) is 7. The molecule has 0 saturated heterocycles. The van der Waals surface area contributed by atoms with Gasteiger partial charge in [0.25, 0.3) is 0 Å². The Bertz CT molecular complexity index is 706. The summed E-state index contributed by atoms with van der Waals surface area (Å²) in [5, 5.41) is 34.1. The summed E-state index contributed by atoms with van der Waals surface area (Å²) in [7, 11) is 0. The monoisotopic (exact) mass is 396 g/mol. The smallest absolute Gasteiger partial charge is 0.322 e. The van der Waals surface area contributed by atoms with Gasteiger partial charge in [-0.1, -0.05) is 12.1 Å². The average molecular weight is 396 g/mol. The number of carbonyl (C=O) groups excluding carboxylic acids is 3. The maximum atomic E-state index is 12.2. The molecule has 0 saturated carbocycles. The van der Waals surface area contributed by atoms with Crippen molar-refractivity contribution in [3.63, 3.8) is 0 Å². The van der Waals surface area contributed by atoms with Gasteiger partial charge >= 0.3 is 5.97 Å². The molecule has 0 radical (unpaired) electrons. The minimum Gasteiger partial charge on any atom is -0.508 e. The summed E-state index contributed by atoms with van der Waals surface area (Å²) in [5.74, 6) is -3.40. The van der Waals surface area contributed by atoms with Gasteiger partial charge < -0.3 is 37.0 Å². The van der Waals surface area contributed by atoms with E-state index in [1.165, 1.54) is 19.1 Å². The summed E-state index contributed by atoms with van der Waals surface area (Å²) in [4.78, 5) is 46.6. The second kappa shape index (κ2) is 10.8. The Balaban J connectivity index is 2.73. The van der Waals surface area contributed by atoms with Crippen molar-refractivity contribution in [3.8, 4) is 5.75 Å². The van der Waals surface area contributed by atoms with Crippen molar-refractivity contribution in [1.29, 1.82) is 0 Å². The fourth-order valence-electron chi connectivity index (χ4n) is 2.11. The van der Waals surface area contributed by atoms with Gasteiger partial charge in [-0.3, -0.25) is 19.2 Å². The van der Waals surface area contributed by atoms with E-state index in [0.29, 0.717) is 5.56 Å². The highest BCUT2D eigenvalue weighted by atomic mass is 16.4. The lowest BCUT2D eigenvalue weighted by Gasteiger charge is -2.19. The van der Waals surface area contributed by atoms with Crippen LogP contribution in [0, 0.1) is 0 Å². The first-order valence-electron chi connectivity index (χ1n) is 8.38. The zero-order chi connectivity index (χ0) is 21.3. The van der Waals surface area contributed by atoms with Gasteiger partial charge in [0.15, 0.2) is 0 Å². The number of benzene rings is 1. The molecule has 0 aliphatic rings. The molecule has 28 heavy (non-hydrogen) atoms. The number of aliphatic hydroxyl groups excluding tert-OH is 1. The predicted octanol–water partition coefficient (Wildman–Crippen LogP) is -2.56. The molecule has 0 aliphatic carbocycles. The molecule has 11 nitrogen and oxygen atoms in total. The van der Waals surface area contributed by atoms with E-state index in [9.17, 15) is 29.4 Å². The number of phenolic OH excluding ortho intramolecular Hbond substituents is 1. The van der Waals surface area contributed by atoms with E-state index in [4.69, 9.17) is 10.8 Å². The van der Waals surface area contributed by atoms with Crippen molar-refractivity contribution >= 4 is 23.7 Å². The minimum atomic E-state index is -1.25. The largest absolute Gasteiger partial charge is 0.508 e. The molecule has 0 bridgehead atoms. The third kappa shape index (κ3) is 8.01. The molecule has 1 aromatic rings. The number of nitrogens with one attached hydrogen (secondary N) is 3. The molecule has 3 unspecified atom stereocenters. The Morgan fingerprint density at radius 1 is 1.04 bits per heavy atom. The van der Waals surface area contributed by atoms with E-state index in [0.717, 1.165) is 0 Å². The Kier molecular flexibility index (Phi) is 8.85. The normalized spacial score (nSPS) is 13.7. The van der Waals surface area contributed by atoms with Gasteiger partial charge in [-0.25, -0.2) is 0 Å². The maximum Gasteiger partial charge on any atom is 0.322 e. The van der Waals surface area contributed by atoms with E-state index >= 15 is 0 Å². The summed E-state index contributed by atoms with van der Waals surface area (Å²) in [5.41, 5.74) is 6.05. The average Bonchev–Trinajstić information content (AvgIpc) is 2.64. The number of aromatic hydroxyl groups is 1. The van der Waals surface area contributed by atoms with Crippen LogP contribution in [0.15, 0.2) is 24.3 Å². The molecule has 11 heteroatoms. The molecular formula is C17H24N4O7. The number of amides is 3. The highest BCUT2D eigenvalue weighted by Gasteiger charge is 2.23. The molecule has 0 heterocycles. The second-order valence-electron chi connectivity index (χ2n) is 6.09. The van der Waals surface area contributed by atoms with Crippen LogP contribution in [0.3, 0.4) is 0 Å². The zero-order valence-electron chi connectivity index (χ0n) is 15.2. The van der Waals surface area contributed by atoms with Gasteiger partial charge in [0.05, 0.1) is 12.6 Å². The van der Waals surface area contributed by atoms with Crippen LogP contribution in [0.25, 0.3) is 0 Å². The van der Waals surface area contributed by atoms with Crippen LogP contribution in [0.5, 0.6) is 5.75 Å². The highest BCUT2D eigenvalue weighted by molar-refractivity contribution is 5.92. The highest BCUT2D eigenvalue weighted by Crippen LogP contribution is 2.11. The van der Waals surface area contributed by atoms with Gasteiger partial charge in [-0.15, -0.1) is 0 Å². The molecule has 0 spiro atoms. The first kappa shape index (κ1) is 22.9. The lowest BCUT2D eigenvalue weighted by Crippen LogP contribution is -2.53. The van der Waals surface area contributed by atoms with Gasteiger partial charge in [-0.05, 0) is 24.6 Å². The lowest BCUT2D eigenvalue weighted by molar-refractivity contribution is -0.138. The number of phenols is 1. The van der Waals surface area contributed by atoms with Crippen molar-refractivity contribution in [3.05, 3.63) is 29.8 Å². The van der Waals surface area contributed by atoms with Gasteiger partial charge in [0, 0.05) is 6.42 Å². The number of aliphatic carboxylic acids is 1. The fraction of sp³-hybridized carbons (Fsp3) is 0.412. The quantitative estimate of drug-likeness (QED) is 0.225. The van der Waals surface area contributed by atoms with E-state index in [-0.39, 0.29) is 12.2 Å². The van der Waals surface area contributed by atoms with E-state index in [2.05, 4.69) is 16.0 Å². The standard InChI is InChI=1S/C17H24N4O7/c1-9(22)15(18)17(28)19-7-13(24)21-12(16(27)20-8-14(25)26)6-10-2-4-11(23)5-3-10/h2-5,9,12,15,22-23H,6-8,18H2,1H3,(H,19,28)(H,20,27)(H,21,24)(H,25,26). The molecule has 3 atom stereocenters. The molecular weight excluding hydrogens is 372 g/mol. The number of aliphatic hydroxyl groups is 1. The van der Waals surface area contributed by atoms with Crippen molar-refractivity contribution in [2.45, 2.75) is 31.5 Å². The number of nitrogens with two attached hydrogens (primary N) is 1. The molecule has 154 valence electrons. The summed E-state index contributed by atoms with van der Waals surface area (Å²) < 4.78 is 0. The lowest BCUT2D eigenvalue weighted by atomic mass is 10.0. The van der Waals surface area contributed by atoms with E-state index in [1.54, 1.807) is 12.1 Å². The Labute approximate surface area is 160 Å². The molecule has 8 N–H and O–H groups in total.